The van der Waals surface area contributed by atoms with Gasteiger partial charge in [0.2, 0.25) is 0 Å². The normalized spacial score (nSPS) is 15.0. The number of hydrogen-bond donors (Lipinski definition) is 0. The van der Waals surface area contributed by atoms with Gasteiger partial charge in [-0.1, -0.05) is 103 Å². The first-order valence-electron chi connectivity index (χ1n) is 10.2. The van der Waals surface area contributed by atoms with Crippen LogP contribution in [0.1, 0.15) is 11.1 Å². The second kappa shape index (κ2) is 8.94. The number of thiocarbonyl (C=S) groups is 1. The van der Waals surface area contributed by atoms with E-state index < -0.39 is 0 Å². The Balaban J connectivity index is 1.52. The monoisotopic (exact) mass is 453 g/mol. The second-order valence-corrected chi connectivity index (χ2v) is 9.01. The number of nitrogens with zero attached hydrogens (tertiary/aromatic N) is 3. The van der Waals surface area contributed by atoms with Crippen molar-refractivity contribution in [3.05, 3.63) is 113 Å². The van der Waals surface area contributed by atoms with Crippen LogP contribution in [0, 0.1) is 0 Å². The molecule has 1 aromatic heterocycles. The Morgan fingerprint density at radius 3 is 2.19 bits per heavy atom. The highest BCUT2D eigenvalue weighted by atomic mass is 32.2. The van der Waals surface area contributed by atoms with Crippen LogP contribution in [0.25, 0.3) is 23.0 Å². The van der Waals surface area contributed by atoms with E-state index >= 15 is 0 Å². The number of benzene rings is 3. The zero-order valence-corrected chi connectivity index (χ0v) is 18.7. The minimum Gasteiger partial charge on any atom is -0.288 e. The van der Waals surface area contributed by atoms with Crippen LogP contribution in [0.2, 0.25) is 0 Å². The molecule has 4 nitrogen and oxygen atoms in total. The van der Waals surface area contributed by atoms with Gasteiger partial charge in [0.15, 0.2) is 0 Å². The van der Waals surface area contributed by atoms with E-state index in [-0.39, 0.29) is 5.91 Å². The number of hydrogen-bond acceptors (Lipinski definition) is 4. The number of thioether (sulfide) groups is 1. The first-order chi connectivity index (χ1) is 15.7. The molecule has 2 heterocycles. The molecule has 0 bridgehead atoms. The van der Waals surface area contributed by atoms with E-state index in [1.165, 1.54) is 11.8 Å². The van der Waals surface area contributed by atoms with E-state index in [9.17, 15) is 4.79 Å². The molecule has 5 rings (SSSR count). The molecular formula is C26H19N3OS2. The summed E-state index contributed by atoms with van der Waals surface area (Å²) in [7, 11) is 0. The zero-order chi connectivity index (χ0) is 21.9. The van der Waals surface area contributed by atoms with Crippen molar-refractivity contribution >= 4 is 40.3 Å². The van der Waals surface area contributed by atoms with Crippen molar-refractivity contribution in [2.24, 2.45) is 0 Å². The summed E-state index contributed by atoms with van der Waals surface area (Å²) in [6.45, 7) is 0.470. The Hall–Kier alpha value is -3.48. The molecular weight excluding hydrogens is 434 g/mol. The average molecular weight is 454 g/mol. The summed E-state index contributed by atoms with van der Waals surface area (Å²) < 4.78 is 2.42. The Kier molecular flexibility index (Phi) is 5.71. The van der Waals surface area contributed by atoms with Crippen molar-refractivity contribution in [2.45, 2.75) is 6.54 Å². The summed E-state index contributed by atoms with van der Waals surface area (Å²) in [6, 6.07) is 29.8. The number of rotatable bonds is 5. The predicted molar refractivity (Wildman–Crippen MR) is 134 cm³/mol. The molecule has 156 valence electrons. The van der Waals surface area contributed by atoms with Gasteiger partial charge >= 0.3 is 0 Å². The SMILES string of the molecule is O=C1/C(=C\c2cn(-c3ccccc3)nc2-c2ccccc2)SC(=S)N1Cc1ccccc1. The quantitative estimate of drug-likeness (QED) is 0.277. The predicted octanol–water partition coefficient (Wildman–Crippen LogP) is 5.94. The first-order valence-corrected chi connectivity index (χ1v) is 11.4. The number of amides is 1. The second-order valence-electron chi connectivity index (χ2n) is 7.33. The first kappa shape index (κ1) is 20.4. The van der Waals surface area contributed by atoms with Gasteiger partial charge in [-0.2, -0.15) is 5.10 Å². The van der Waals surface area contributed by atoms with Gasteiger partial charge in [-0.15, -0.1) is 0 Å². The highest BCUT2D eigenvalue weighted by Crippen LogP contribution is 2.35. The Morgan fingerprint density at radius 1 is 0.875 bits per heavy atom. The van der Waals surface area contributed by atoms with Gasteiger partial charge in [-0.3, -0.25) is 9.69 Å². The van der Waals surface area contributed by atoms with Gasteiger partial charge in [-0.05, 0) is 23.8 Å². The van der Waals surface area contributed by atoms with E-state index in [1.807, 2.05) is 108 Å². The number of carbonyl (C=O) groups excluding carboxylic acids is 1. The summed E-state index contributed by atoms with van der Waals surface area (Å²) in [5, 5.41) is 4.83. The highest BCUT2D eigenvalue weighted by Gasteiger charge is 2.32. The Labute approximate surface area is 196 Å². The summed E-state index contributed by atoms with van der Waals surface area (Å²) in [6.07, 6.45) is 3.86. The molecule has 4 aromatic rings. The van der Waals surface area contributed by atoms with Gasteiger partial charge in [0.1, 0.15) is 4.32 Å². The van der Waals surface area contributed by atoms with Crippen LogP contribution < -0.4 is 0 Å². The number of para-hydroxylation sites is 1. The van der Waals surface area contributed by atoms with E-state index in [0.29, 0.717) is 15.8 Å². The molecule has 1 aliphatic heterocycles. The maximum Gasteiger partial charge on any atom is 0.266 e. The fourth-order valence-electron chi connectivity index (χ4n) is 3.57. The van der Waals surface area contributed by atoms with Crippen LogP contribution >= 0.6 is 24.0 Å². The Morgan fingerprint density at radius 2 is 1.50 bits per heavy atom. The third-order valence-corrected chi connectivity index (χ3v) is 6.53. The smallest absolute Gasteiger partial charge is 0.266 e. The lowest BCUT2D eigenvalue weighted by Gasteiger charge is -2.14. The summed E-state index contributed by atoms with van der Waals surface area (Å²) in [4.78, 5) is 15.4. The van der Waals surface area contributed by atoms with Crippen LogP contribution in [0.4, 0.5) is 0 Å². The summed E-state index contributed by atoms with van der Waals surface area (Å²) >= 11 is 6.86. The van der Waals surface area contributed by atoms with Crippen molar-refractivity contribution in [3.63, 3.8) is 0 Å². The van der Waals surface area contributed by atoms with Crippen LogP contribution in [0.5, 0.6) is 0 Å². The molecule has 0 N–H and O–H groups in total. The molecule has 1 fully saturated rings. The van der Waals surface area contributed by atoms with Crippen LogP contribution in [-0.4, -0.2) is 24.9 Å². The van der Waals surface area contributed by atoms with Crippen LogP contribution in [0.3, 0.4) is 0 Å². The molecule has 0 saturated carbocycles. The molecule has 3 aromatic carbocycles. The van der Waals surface area contributed by atoms with E-state index in [0.717, 1.165) is 28.1 Å². The minimum atomic E-state index is -0.0738. The lowest BCUT2D eigenvalue weighted by Crippen LogP contribution is -2.27. The number of aromatic nitrogens is 2. The van der Waals surface area contributed by atoms with Crippen molar-refractivity contribution in [2.75, 3.05) is 0 Å². The van der Waals surface area contributed by atoms with E-state index in [4.69, 9.17) is 17.3 Å². The molecule has 1 amide bonds. The van der Waals surface area contributed by atoms with Gasteiger partial charge in [0.05, 0.1) is 22.8 Å². The maximum atomic E-state index is 13.2. The third kappa shape index (κ3) is 4.15. The fourth-order valence-corrected chi connectivity index (χ4v) is 4.82. The van der Waals surface area contributed by atoms with Gasteiger partial charge in [-0.25, -0.2) is 4.68 Å². The maximum absolute atomic E-state index is 13.2. The van der Waals surface area contributed by atoms with Crippen LogP contribution in [-0.2, 0) is 11.3 Å². The molecule has 0 radical (unpaired) electrons. The standard InChI is InChI=1S/C26H19N3OS2/c30-25-23(32-26(31)28(25)17-19-10-4-1-5-11-19)16-21-18-29(22-14-8-3-9-15-22)27-24(21)20-12-6-2-7-13-20/h1-16,18H,17H2/b23-16+. The summed E-state index contributed by atoms with van der Waals surface area (Å²) in [5.74, 6) is -0.0738. The van der Waals surface area contributed by atoms with E-state index in [1.54, 1.807) is 4.90 Å². The van der Waals surface area contributed by atoms with Crippen molar-refractivity contribution in [1.29, 1.82) is 0 Å². The molecule has 0 unspecified atom stereocenters. The lowest BCUT2D eigenvalue weighted by atomic mass is 10.1. The average Bonchev–Trinajstić information content (AvgIpc) is 3.38. The highest BCUT2D eigenvalue weighted by molar-refractivity contribution is 8.26. The molecule has 0 aliphatic carbocycles. The van der Waals surface area contributed by atoms with Crippen molar-refractivity contribution < 1.29 is 4.79 Å². The largest absolute Gasteiger partial charge is 0.288 e. The van der Waals surface area contributed by atoms with Gasteiger partial charge < -0.3 is 0 Å². The molecule has 6 heteroatoms. The van der Waals surface area contributed by atoms with Crippen molar-refractivity contribution in [1.82, 2.24) is 14.7 Å². The van der Waals surface area contributed by atoms with Gasteiger partial charge in [0.25, 0.3) is 5.91 Å². The lowest BCUT2D eigenvalue weighted by molar-refractivity contribution is -0.122. The minimum absolute atomic E-state index is 0.0738. The summed E-state index contributed by atoms with van der Waals surface area (Å²) in [5.41, 5.74) is 4.70. The Bertz CT molecular complexity index is 1300. The zero-order valence-electron chi connectivity index (χ0n) is 17.1. The molecule has 0 atom stereocenters. The van der Waals surface area contributed by atoms with Crippen LogP contribution in [0.15, 0.2) is 102 Å². The molecule has 1 aliphatic rings. The number of carbonyl (C=O) groups is 1. The fraction of sp³-hybridized carbons (Fsp3) is 0.0385. The molecule has 0 spiro atoms. The van der Waals surface area contributed by atoms with E-state index in [2.05, 4.69) is 0 Å². The third-order valence-electron chi connectivity index (χ3n) is 5.15. The topological polar surface area (TPSA) is 38.1 Å². The molecule has 1 saturated heterocycles. The van der Waals surface area contributed by atoms with Gasteiger partial charge in [0, 0.05) is 17.3 Å². The van der Waals surface area contributed by atoms with Crippen molar-refractivity contribution in [3.8, 4) is 16.9 Å². The molecule has 32 heavy (non-hydrogen) atoms.